The second kappa shape index (κ2) is 21.5. The molecule has 55 heavy (non-hydrogen) atoms. The summed E-state index contributed by atoms with van der Waals surface area (Å²) in [6.07, 6.45) is 12.2. The minimum Gasteiger partial charge on any atom is -0.481 e. The number of rotatable bonds is 28. The molecular formula is C39H60N8O8. The van der Waals surface area contributed by atoms with Gasteiger partial charge in [0.1, 0.15) is 12.1 Å². The van der Waals surface area contributed by atoms with E-state index < -0.39 is 47.8 Å². The molecule has 0 aliphatic carbocycles. The fraction of sp³-hybridized carbons (Fsp3) is 0.641. The van der Waals surface area contributed by atoms with Gasteiger partial charge in [-0.3, -0.25) is 24.0 Å². The van der Waals surface area contributed by atoms with Crippen LogP contribution in [0.1, 0.15) is 114 Å². The molecule has 4 amide bonds. The summed E-state index contributed by atoms with van der Waals surface area (Å²) < 4.78 is 0. The first-order valence-corrected chi connectivity index (χ1v) is 19.9. The van der Waals surface area contributed by atoms with Gasteiger partial charge < -0.3 is 42.2 Å². The topological polar surface area (TPSA) is 239 Å². The number of fused-ring (bicyclic) bond motifs is 2. The Morgan fingerprint density at radius 2 is 1.51 bits per heavy atom. The first kappa shape index (κ1) is 43.2. The van der Waals surface area contributed by atoms with Crippen LogP contribution in [-0.4, -0.2) is 104 Å². The van der Waals surface area contributed by atoms with Crippen LogP contribution < -0.4 is 27.0 Å². The first-order chi connectivity index (χ1) is 26.4. The number of hydrogen-bond acceptors (Lipinski definition) is 9. The lowest BCUT2D eigenvalue weighted by Gasteiger charge is -2.22. The van der Waals surface area contributed by atoms with Crippen molar-refractivity contribution in [1.82, 2.24) is 36.3 Å². The number of carbonyl (C=O) groups is 6. The number of nitrogens with zero attached hydrogens (tertiary/aromatic N) is 2. The molecule has 2 aromatic rings. The van der Waals surface area contributed by atoms with Gasteiger partial charge in [-0.15, -0.1) is 0 Å². The van der Waals surface area contributed by atoms with Crippen molar-refractivity contribution in [3.05, 3.63) is 35.5 Å². The summed E-state index contributed by atoms with van der Waals surface area (Å²) in [4.78, 5) is 76.8. The molecule has 16 nitrogen and oxygen atoms in total. The number of aliphatic carboxylic acids is 2. The summed E-state index contributed by atoms with van der Waals surface area (Å²) in [6.45, 7) is 4.87. The molecule has 4 rings (SSSR count). The van der Waals surface area contributed by atoms with E-state index >= 15 is 0 Å². The van der Waals surface area contributed by atoms with Crippen LogP contribution in [-0.2, 0) is 35.2 Å². The Hall–Kier alpha value is -4.54. The highest BCUT2D eigenvalue weighted by Gasteiger charge is 2.69. The highest BCUT2D eigenvalue weighted by molar-refractivity contribution is 5.91. The highest BCUT2D eigenvalue weighted by Crippen LogP contribution is 2.51. The van der Waals surface area contributed by atoms with Gasteiger partial charge in [-0.05, 0) is 56.2 Å². The molecule has 304 valence electrons. The van der Waals surface area contributed by atoms with Gasteiger partial charge in [0.2, 0.25) is 23.6 Å². The van der Waals surface area contributed by atoms with Crippen LogP contribution in [0.25, 0.3) is 10.9 Å². The van der Waals surface area contributed by atoms with E-state index in [1.165, 1.54) is 32.1 Å². The third-order valence-electron chi connectivity index (χ3n) is 10.3. The summed E-state index contributed by atoms with van der Waals surface area (Å²) in [5, 5.41) is 34.6. The molecule has 2 aliphatic heterocycles. The van der Waals surface area contributed by atoms with Crippen LogP contribution in [0.5, 0.6) is 0 Å². The molecule has 9 N–H and O–H groups in total. The zero-order chi connectivity index (χ0) is 39.9. The Kier molecular flexibility index (Phi) is 16.9. The van der Waals surface area contributed by atoms with Crippen molar-refractivity contribution in [2.24, 2.45) is 5.73 Å². The van der Waals surface area contributed by atoms with E-state index in [0.29, 0.717) is 19.4 Å². The molecule has 2 unspecified atom stereocenters. The van der Waals surface area contributed by atoms with Gasteiger partial charge in [-0.1, -0.05) is 57.6 Å². The SMILES string of the molecule is CCCCCCCCCC(=O)NCCC1N2C(C[C@H](N)C(=O)N[C@H](Cc3c[nH]c4cc(C)ccc34)C(=O)NCCC[C@@H](NC(=O)CCCC(=O)O)C(=O)O)N12. The van der Waals surface area contributed by atoms with Crippen LogP contribution in [0.15, 0.2) is 24.4 Å². The summed E-state index contributed by atoms with van der Waals surface area (Å²) in [5.41, 5.74) is 9.14. The zero-order valence-electron chi connectivity index (χ0n) is 32.2. The second-order valence-electron chi connectivity index (χ2n) is 14.8. The number of nitrogens with two attached hydrogens (primary N) is 1. The number of H-pyrrole nitrogens is 1. The van der Waals surface area contributed by atoms with E-state index in [0.717, 1.165) is 41.3 Å². The fourth-order valence-electron chi connectivity index (χ4n) is 7.03. The van der Waals surface area contributed by atoms with E-state index in [1.54, 1.807) is 0 Å². The molecule has 0 radical (unpaired) electrons. The second-order valence-corrected chi connectivity index (χ2v) is 14.8. The number of hydrazine groups is 1. The van der Waals surface area contributed by atoms with Gasteiger partial charge >= 0.3 is 11.9 Å². The zero-order valence-corrected chi connectivity index (χ0v) is 32.2. The number of unbranched alkanes of at least 4 members (excludes halogenated alkanes) is 6. The molecule has 2 aliphatic rings. The summed E-state index contributed by atoms with van der Waals surface area (Å²) in [6, 6.07) is 2.90. The van der Waals surface area contributed by atoms with Crippen LogP contribution in [0.2, 0.25) is 0 Å². The maximum atomic E-state index is 13.5. The number of benzene rings is 1. The molecule has 16 heteroatoms. The summed E-state index contributed by atoms with van der Waals surface area (Å²) in [7, 11) is 0. The molecule has 0 saturated carbocycles. The number of aromatic amines is 1. The van der Waals surface area contributed by atoms with E-state index in [2.05, 4.69) is 43.2 Å². The summed E-state index contributed by atoms with van der Waals surface area (Å²) in [5.74, 6) is -3.67. The number of carboxylic acid groups (broad SMARTS) is 2. The van der Waals surface area contributed by atoms with Gasteiger partial charge in [0.15, 0.2) is 0 Å². The molecule has 1 aromatic carbocycles. The third kappa shape index (κ3) is 13.9. The number of hydrogen-bond donors (Lipinski definition) is 8. The third-order valence-corrected chi connectivity index (χ3v) is 10.3. The van der Waals surface area contributed by atoms with Gasteiger partial charge in [-0.25, -0.2) is 14.8 Å². The molecule has 2 fully saturated rings. The quantitative estimate of drug-likeness (QED) is 0.0463. The maximum Gasteiger partial charge on any atom is 0.326 e. The predicted molar refractivity (Wildman–Crippen MR) is 206 cm³/mol. The number of amides is 4. The molecule has 5 atom stereocenters. The van der Waals surface area contributed by atoms with E-state index in [9.17, 15) is 33.9 Å². The number of carbonyl (C=O) groups excluding carboxylic acids is 4. The Balaban J connectivity index is 1.21. The average Bonchev–Trinajstić information content (AvgIpc) is 4.01. The van der Waals surface area contributed by atoms with Crippen LogP contribution in [0, 0.1) is 6.92 Å². The Morgan fingerprint density at radius 3 is 2.22 bits per heavy atom. The fourth-order valence-corrected chi connectivity index (χ4v) is 7.03. The van der Waals surface area contributed by atoms with Crippen molar-refractivity contribution in [2.75, 3.05) is 13.1 Å². The minimum atomic E-state index is -1.24. The van der Waals surface area contributed by atoms with Crippen molar-refractivity contribution < 1.29 is 39.0 Å². The number of aromatic nitrogens is 1. The largest absolute Gasteiger partial charge is 0.481 e. The Morgan fingerprint density at radius 1 is 0.800 bits per heavy atom. The van der Waals surface area contributed by atoms with Crippen LogP contribution in [0.4, 0.5) is 0 Å². The van der Waals surface area contributed by atoms with E-state index in [1.807, 2.05) is 31.3 Å². The van der Waals surface area contributed by atoms with Crippen LogP contribution >= 0.6 is 0 Å². The van der Waals surface area contributed by atoms with Crippen molar-refractivity contribution in [3.8, 4) is 0 Å². The minimum absolute atomic E-state index is 0.0327. The monoisotopic (exact) mass is 768 g/mol. The van der Waals surface area contributed by atoms with Gasteiger partial charge in [0.25, 0.3) is 0 Å². The number of aryl methyl sites for hydroxylation is 1. The Labute approximate surface area is 322 Å². The predicted octanol–water partition coefficient (Wildman–Crippen LogP) is 2.79. The van der Waals surface area contributed by atoms with Gasteiger partial charge in [0, 0.05) is 62.3 Å². The molecule has 0 bridgehead atoms. The van der Waals surface area contributed by atoms with Crippen molar-refractivity contribution >= 4 is 46.5 Å². The maximum absolute atomic E-state index is 13.5. The molecule has 3 heterocycles. The molecule has 0 spiro atoms. The molecule has 1 aromatic heterocycles. The molecule has 2 saturated heterocycles. The lowest BCUT2D eigenvalue weighted by atomic mass is 10.0. The van der Waals surface area contributed by atoms with Crippen molar-refractivity contribution in [1.29, 1.82) is 0 Å². The number of nitrogens with one attached hydrogen (secondary N) is 5. The lowest BCUT2D eigenvalue weighted by Crippen LogP contribution is -2.53. The smallest absolute Gasteiger partial charge is 0.326 e. The van der Waals surface area contributed by atoms with Gasteiger partial charge in [0.05, 0.1) is 18.4 Å². The Bertz CT molecular complexity index is 1620. The van der Waals surface area contributed by atoms with Crippen molar-refractivity contribution in [2.45, 2.75) is 147 Å². The number of carboxylic acids is 2. The highest BCUT2D eigenvalue weighted by atomic mass is 16.4. The first-order valence-electron chi connectivity index (χ1n) is 19.9. The average molecular weight is 769 g/mol. The standard InChI is InChI=1S/C39H60N8O8/c1-3-4-5-6-7-8-9-13-32(48)41-20-18-34-46-35(47(34)46)23-28(40)37(52)45-31(22-26-24-43-30-21-25(2)16-17-27(26)30)38(53)42-19-11-12-29(39(54)55)44-33(49)14-10-15-36(50)51/h16-17,21,24,28-29,31,34-35,43H,3-15,18-20,22-23,40H2,1-2H3,(H,41,48)(H,42,53)(H,44,49)(H,45,52)(H,50,51)(H,54,55)/t28-,29+,31+,34?,35?,46?,47?/m0/s1. The van der Waals surface area contributed by atoms with Gasteiger partial charge in [-0.2, -0.15) is 0 Å². The molecular weight excluding hydrogens is 708 g/mol. The van der Waals surface area contributed by atoms with Crippen molar-refractivity contribution in [3.63, 3.8) is 0 Å². The lowest BCUT2D eigenvalue weighted by molar-refractivity contribution is -0.142. The summed E-state index contributed by atoms with van der Waals surface area (Å²) >= 11 is 0. The normalized spacial score (nSPS) is 19.8. The van der Waals surface area contributed by atoms with E-state index in [4.69, 9.17) is 10.8 Å². The van der Waals surface area contributed by atoms with E-state index in [-0.39, 0.29) is 63.3 Å². The van der Waals surface area contributed by atoms with Crippen LogP contribution in [0.3, 0.4) is 0 Å².